The number of aromatic nitrogens is 1. The summed E-state index contributed by atoms with van der Waals surface area (Å²) >= 11 is 1.54. The Morgan fingerprint density at radius 2 is 1.61 bits per heavy atom. The average Bonchev–Trinajstić information content (AvgIpc) is 2.77. The van der Waals surface area contributed by atoms with Crippen LogP contribution in [0.2, 0.25) is 0 Å². The molecular formula is C24H20N2OS. The van der Waals surface area contributed by atoms with Crippen LogP contribution in [0.3, 0.4) is 0 Å². The van der Waals surface area contributed by atoms with Gasteiger partial charge in [-0.3, -0.25) is 4.79 Å². The summed E-state index contributed by atoms with van der Waals surface area (Å²) in [7, 11) is 0. The van der Waals surface area contributed by atoms with Crippen LogP contribution in [0, 0.1) is 0 Å². The van der Waals surface area contributed by atoms with Crippen LogP contribution in [0.1, 0.15) is 12.0 Å². The number of carbonyl (C=O) groups excluding carboxylic acids is 1. The van der Waals surface area contributed by atoms with Gasteiger partial charge in [0.15, 0.2) is 0 Å². The predicted molar refractivity (Wildman–Crippen MR) is 117 cm³/mol. The summed E-state index contributed by atoms with van der Waals surface area (Å²) in [5.74, 6) is 0.542. The molecule has 0 fully saturated rings. The lowest BCUT2D eigenvalue weighted by Gasteiger charge is -2.29. The number of fused-ring (bicyclic) bond motifs is 4. The minimum absolute atomic E-state index is 0.149. The summed E-state index contributed by atoms with van der Waals surface area (Å²) in [6.07, 6.45) is 2.06. The Morgan fingerprint density at radius 3 is 2.50 bits per heavy atom. The Bertz CT molecular complexity index is 1190. The molecule has 1 aliphatic heterocycles. The maximum absolute atomic E-state index is 13.0. The van der Waals surface area contributed by atoms with E-state index >= 15 is 0 Å². The Hall–Kier alpha value is -2.85. The lowest BCUT2D eigenvalue weighted by Crippen LogP contribution is -2.36. The van der Waals surface area contributed by atoms with E-state index in [1.54, 1.807) is 0 Å². The molecule has 3 nitrogen and oxygen atoms in total. The minimum Gasteiger partial charge on any atom is -0.311 e. The molecular weight excluding hydrogens is 364 g/mol. The van der Waals surface area contributed by atoms with Crippen LogP contribution < -0.4 is 4.90 Å². The molecule has 1 aromatic heterocycles. The van der Waals surface area contributed by atoms with Crippen molar-refractivity contribution in [2.75, 3.05) is 17.2 Å². The highest BCUT2D eigenvalue weighted by atomic mass is 32.2. The molecule has 0 N–H and O–H groups in total. The first-order valence-electron chi connectivity index (χ1n) is 9.60. The molecule has 0 atom stereocenters. The molecule has 0 aliphatic carbocycles. The van der Waals surface area contributed by atoms with Crippen molar-refractivity contribution < 1.29 is 4.79 Å². The summed E-state index contributed by atoms with van der Waals surface area (Å²) < 4.78 is 0. The molecule has 4 heteroatoms. The van der Waals surface area contributed by atoms with Gasteiger partial charge in [0.2, 0.25) is 5.91 Å². The van der Waals surface area contributed by atoms with E-state index in [2.05, 4.69) is 36.4 Å². The number of para-hydroxylation sites is 2. The van der Waals surface area contributed by atoms with Crippen molar-refractivity contribution in [2.45, 2.75) is 17.9 Å². The van der Waals surface area contributed by atoms with E-state index in [1.165, 1.54) is 22.7 Å². The molecule has 5 rings (SSSR count). The quantitative estimate of drug-likeness (QED) is 0.347. The Kier molecular flexibility index (Phi) is 4.49. The first-order chi connectivity index (χ1) is 13.8. The van der Waals surface area contributed by atoms with E-state index in [-0.39, 0.29) is 5.91 Å². The van der Waals surface area contributed by atoms with E-state index < -0.39 is 0 Å². The number of aryl methyl sites for hydroxylation is 1. The second-order valence-electron chi connectivity index (χ2n) is 7.05. The van der Waals surface area contributed by atoms with Gasteiger partial charge in [0, 0.05) is 23.0 Å². The zero-order chi connectivity index (χ0) is 18.9. The summed E-state index contributed by atoms with van der Waals surface area (Å²) in [6.45, 7) is 0.794. The Balaban J connectivity index is 1.46. The fourth-order valence-corrected chi connectivity index (χ4v) is 4.90. The fraction of sp³-hybridized carbons (Fsp3) is 0.167. The second-order valence-corrected chi connectivity index (χ2v) is 8.01. The van der Waals surface area contributed by atoms with Gasteiger partial charge < -0.3 is 4.90 Å². The molecule has 0 unspecified atom stereocenters. The smallest absolute Gasteiger partial charge is 0.237 e. The van der Waals surface area contributed by atoms with Crippen molar-refractivity contribution in [1.29, 1.82) is 0 Å². The van der Waals surface area contributed by atoms with Gasteiger partial charge in [-0.25, -0.2) is 4.98 Å². The number of anilines is 1. The topological polar surface area (TPSA) is 33.2 Å². The van der Waals surface area contributed by atoms with Gasteiger partial charge in [0.25, 0.3) is 0 Å². The fourth-order valence-electron chi connectivity index (χ4n) is 3.98. The Labute approximate surface area is 168 Å². The zero-order valence-electron chi connectivity index (χ0n) is 15.5. The van der Waals surface area contributed by atoms with E-state index in [1.807, 2.05) is 41.3 Å². The number of hydrogen-bond donors (Lipinski definition) is 0. The predicted octanol–water partition coefficient (Wildman–Crippen LogP) is 5.46. The monoisotopic (exact) mass is 384 g/mol. The number of amides is 1. The molecule has 1 aliphatic rings. The van der Waals surface area contributed by atoms with Crippen LogP contribution in [0.25, 0.3) is 21.7 Å². The summed E-state index contributed by atoms with van der Waals surface area (Å²) in [5, 5.41) is 4.37. The van der Waals surface area contributed by atoms with E-state index in [0.717, 1.165) is 46.4 Å². The van der Waals surface area contributed by atoms with Gasteiger partial charge in [0.05, 0.1) is 11.3 Å². The number of pyridine rings is 1. The first kappa shape index (κ1) is 17.3. The molecule has 0 spiro atoms. The largest absolute Gasteiger partial charge is 0.311 e. The highest BCUT2D eigenvalue weighted by molar-refractivity contribution is 8.00. The van der Waals surface area contributed by atoms with Crippen molar-refractivity contribution in [1.82, 2.24) is 4.98 Å². The Morgan fingerprint density at radius 1 is 0.893 bits per heavy atom. The molecule has 0 saturated carbocycles. The summed E-state index contributed by atoms with van der Waals surface area (Å²) in [6, 6.07) is 24.7. The van der Waals surface area contributed by atoms with Crippen LogP contribution in [0.15, 0.2) is 77.8 Å². The average molecular weight is 385 g/mol. The van der Waals surface area contributed by atoms with E-state index in [9.17, 15) is 4.79 Å². The maximum atomic E-state index is 13.0. The lowest BCUT2D eigenvalue weighted by atomic mass is 10.0. The SMILES string of the molecule is O=C(CSc1nc2ccccc2c2ccccc12)N1CCCc2ccccc21. The first-order valence-corrected chi connectivity index (χ1v) is 10.6. The number of nitrogens with zero attached hydrogens (tertiary/aromatic N) is 2. The van der Waals surface area contributed by atoms with Gasteiger partial charge >= 0.3 is 0 Å². The third kappa shape index (κ3) is 3.04. The van der Waals surface area contributed by atoms with Crippen molar-refractivity contribution in [3.05, 3.63) is 78.4 Å². The zero-order valence-corrected chi connectivity index (χ0v) is 16.3. The van der Waals surface area contributed by atoms with Crippen molar-refractivity contribution in [3.8, 4) is 0 Å². The molecule has 2 heterocycles. The van der Waals surface area contributed by atoms with Crippen LogP contribution in [0.4, 0.5) is 5.69 Å². The van der Waals surface area contributed by atoms with Crippen LogP contribution in [0.5, 0.6) is 0 Å². The van der Waals surface area contributed by atoms with Gasteiger partial charge in [0.1, 0.15) is 5.03 Å². The van der Waals surface area contributed by atoms with Gasteiger partial charge in [-0.1, -0.05) is 72.4 Å². The molecule has 3 aromatic carbocycles. The van der Waals surface area contributed by atoms with Crippen molar-refractivity contribution in [3.63, 3.8) is 0 Å². The highest BCUT2D eigenvalue weighted by Gasteiger charge is 2.22. The van der Waals surface area contributed by atoms with E-state index in [0.29, 0.717) is 5.75 Å². The van der Waals surface area contributed by atoms with E-state index in [4.69, 9.17) is 4.98 Å². The molecule has 4 aromatic rings. The highest BCUT2D eigenvalue weighted by Crippen LogP contribution is 2.33. The number of benzene rings is 3. The number of carbonyl (C=O) groups is 1. The van der Waals surface area contributed by atoms with Crippen LogP contribution in [-0.2, 0) is 11.2 Å². The van der Waals surface area contributed by atoms with Crippen molar-refractivity contribution in [2.24, 2.45) is 0 Å². The molecule has 0 saturated heterocycles. The minimum atomic E-state index is 0.149. The molecule has 28 heavy (non-hydrogen) atoms. The standard InChI is InChI=1S/C24H20N2OS/c27-23(26-15-7-9-17-8-1-6-14-22(17)26)16-28-24-20-12-3-2-10-18(20)19-11-4-5-13-21(19)25-24/h1-6,8,10-14H,7,9,15-16H2. The number of thioether (sulfide) groups is 1. The van der Waals surface area contributed by atoms with Crippen LogP contribution >= 0.6 is 11.8 Å². The molecule has 0 bridgehead atoms. The third-order valence-corrected chi connectivity index (χ3v) is 6.29. The van der Waals surface area contributed by atoms with Gasteiger partial charge in [-0.05, 0) is 35.9 Å². The molecule has 138 valence electrons. The van der Waals surface area contributed by atoms with Gasteiger partial charge in [-0.15, -0.1) is 0 Å². The maximum Gasteiger partial charge on any atom is 0.237 e. The number of rotatable bonds is 3. The molecule has 0 radical (unpaired) electrons. The normalized spacial score (nSPS) is 13.6. The van der Waals surface area contributed by atoms with Gasteiger partial charge in [-0.2, -0.15) is 0 Å². The molecule has 1 amide bonds. The summed E-state index contributed by atoms with van der Waals surface area (Å²) in [5.41, 5.74) is 3.30. The summed E-state index contributed by atoms with van der Waals surface area (Å²) in [4.78, 5) is 19.8. The lowest BCUT2D eigenvalue weighted by molar-refractivity contribution is -0.116. The number of hydrogen-bond acceptors (Lipinski definition) is 3. The van der Waals surface area contributed by atoms with Crippen molar-refractivity contribution >= 4 is 45.0 Å². The van der Waals surface area contributed by atoms with Crippen LogP contribution in [-0.4, -0.2) is 23.2 Å². The third-order valence-electron chi connectivity index (χ3n) is 5.32. The second kappa shape index (κ2) is 7.28.